The number of dihydropyridines is 1. The van der Waals surface area contributed by atoms with Crippen LogP contribution < -0.4 is 5.32 Å². The van der Waals surface area contributed by atoms with E-state index in [1.165, 1.54) is 26.4 Å². The predicted octanol–water partition coefficient (Wildman–Crippen LogP) is 2.94. The number of rotatable bonds is 4. The number of nitro benzene ring substituents is 1. The predicted molar refractivity (Wildman–Crippen MR) is 96.1 cm³/mol. The van der Waals surface area contributed by atoms with Crippen LogP contribution in [0.25, 0.3) is 0 Å². The Balaban J connectivity index is 2.89. The van der Waals surface area contributed by atoms with Crippen LogP contribution in [0.5, 0.6) is 0 Å². The van der Waals surface area contributed by atoms with Crippen molar-refractivity contribution in [2.45, 2.75) is 19.8 Å². The Morgan fingerprint density at radius 1 is 1.12 bits per heavy atom. The second-order valence-corrected chi connectivity index (χ2v) is 6.40. The molecule has 1 aromatic rings. The van der Waals surface area contributed by atoms with Crippen molar-refractivity contribution in [3.05, 3.63) is 60.9 Å². The van der Waals surface area contributed by atoms with Crippen molar-refractivity contribution in [1.29, 1.82) is 0 Å². The first-order valence-corrected chi connectivity index (χ1v) is 8.31. The summed E-state index contributed by atoms with van der Waals surface area (Å²) in [6.07, 6.45) is 0. The molecule has 1 aromatic carbocycles. The lowest BCUT2D eigenvalue weighted by Gasteiger charge is -2.30. The van der Waals surface area contributed by atoms with E-state index in [9.17, 15) is 19.7 Å². The summed E-state index contributed by atoms with van der Waals surface area (Å²) >= 11 is 3.31. The number of methoxy groups -OCH3 is 2. The lowest BCUT2D eigenvalue weighted by molar-refractivity contribution is -0.385. The number of hydrogen-bond donors (Lipinski definition) is 1. The normalized spacial score (nSPS) is 14.8. The van der Waals surface area contributed by atoms with E-state index in [1.807, 2.05) is 0 Å². The van der Waals surface area contributed by atoms with Gasteiger partial charge in [0.1, 0.15) is 0 Å². The summed E-state index contributed by atoms with van der Waals surface area (Å²) in [5.74, 6) is -2.41. The van der Waals surface area contributed by atoms with Gasteiger partial charge in [0.25, 0.3) is 5.69 Å². The van der Waals surface area contributed by atoms with Gasteiger partial charge in [-0.15, -0.1) is 0 Å². The maximum Gasteiger partial charge on any atom is 0.336 e. The van der Waals surface area contributed by atoms with Crippen LogP contribution in [-0.2, 0) is 19.1 Å². The third-order valence-corrected chi connectivity index (χ3v) is 4.78. The molecule has 9 heteroatoms. The van der Waals surface area contributed by atoms with E-state index in [4.69, 9.17) is 9.47 Å². The minimum atomic E-state index is -1.02. The molecule has 1 heterocycles. The molecule has 0 atom stereocenters. The second kappa shape index (κ2) is 7.69. The highest BCUT2D eigenvalue weighted by molar-refractivity contribution is 9.10. The molecule has 8 nitrogen and oxygen atoms in total. The number of nitrogens with one attached hydrogen (secondary N) is 1. The zero-order valence-corrected chi connectivity index (χ0v) is 16.2. The van der Waals surface area contributed by atoms with E-state index in [0.29, 0.717) is 15.9 Å². The minimum absolute atomic E-state index is 0.105. The molecule has 138 valence electrons. The number of ether oxygens (including phenoxy) is 2. The number of halogens is 1. The Bertz CT molecular complexity index is 821. The van der Waals surface area contributed by atoms with E-state index in [0.717, 1.165) is 0 Å². The Hall–Kier alpha value is -2.68. The summed E-state index contributed by atoms with van der Waals surface area (Å²) in [6.45, 7) is 3.28. The Morgan fingerprint density at radius 2 is 1.62 bits per heavy atom. The average Bonchev–Trinajstić information content (AvgIpc) is 2.59. The standard InChI is InChI=1S/C17H17BrN2O6/c1-8-12(16(21)25-3)15(13(9(2)19-8)17(22)26-4)14-10(18)6-5-7-11(14)20(23)24/h5-7,15,19H,1-4H3. The molecule has 0 radical (unpaired) electrons. The molecule has 0 aliphatic carbocycles. The van der Waals surface area contributed by atoms with Gasteiger partial charge in [0.2, 0.25) is 0 Å². The van der Waals surface area contributed by atoms with Crippen molar-refractivity contribution >= 4 is 33.6 Å². The fraction of sp³-hybridized carbons (Fsp3) is 0.294. The van der Waals surface area contributed by atoms with Gasteiger partial charge in [-0.2, -0.15) is 0 Å². The molecule has 1 N–H and O–H groups in total. The molecular weight excluding hydrogens is 408 g/mol. The maximum atomic E-state index is 12.4. The van der Waals surface area contributed by atoms with Gasteiger partial charge >= 0.3 is 11.9 Å². The molecule has 2 rings (SSSR count). The van der Waals surface area contributed by atoms with Crippen molar-refractivity contribution in [2.75, 3.05) is 14.2 Å². The van der Waals surface area contributed by atoms with Gasteiger partial charge in [0, 0.05) is 21.9 Å². The third-order valence-electron chi connectivity index (χ3n) is 4.09. The van der Waals surface area contributed by atoms with Crippen molar-refractivity contribution in [3.8, 4) is 0 Å². The molecule has 0 unspecified atom stereocenters. The van der Waals surface area contributed by atoms with Crippen LogP contribution in [0.2, 0.25) is 0 Å². The number of hydrogen-bond acceptors (Lipinski definition) is 7. The van der Waals surface area contributed by atoms with Crippen LogP contribution in [0.15, 0.2) is 45.2 Å². The lowest BCUT2D eigenvalue weighted by Crippen LogP contribution is -2.32. The molecule has 0 fully saturated rings. The second-order valence-electron chi connectivity index (χ2n) is 5.55. The quantitative estimate of drug-likeness (QED) is 0.449. The zero-order chi connectivity index (χ0) is 19.6. The smallest absolute Gasteiger partial charge is 0.336 e. The minimum Gasteiger partial charge on any atom is -0.466 e. The molecule has 1 aliphatic heterocycles. The molecule has 26 heavy (non-hydrogen) atoms. The monoisotopic (exact) mass is 424 g/mol. The van der Waals surface area contributed by atoms with Crippen LogP contribution in [0.4, 0.5) is 5.69 Å². The molecule has 0 amide bonds. The van der Waals surface area contributed by atoms with Crippen molar-refractivity contribution in [3.63, 3.8) is 0 Å². The van der Waals surface area contributed by atoms with Gasteiger partial charge in [0.05, 0.1) is 41.8 Å². The molecule has 0 spiro atoms. The largest absolute Gasteiger partial charge is 0.466 e. The van der Waals surface area contributed by atoms with Gasteiger partial charge in [-0.3, -0.25) is 10.1 Å². The highest BCUT2D eigenvalue weighted by Gasteiger charge is 2.41. The van der Waals surface area contributed by atoms with Crippen LogP contribution in [0.3, 0.4) is 0 Å². The maximum absolute atomic E-state index is 12.4. The number of carbonyl (C=O) groups is 2. The number of nitro groups is 1. The van der Waals surface area contributed by atoms with Gasteiger partial charge in [0.15, 0.2) is 0 Å². The third kappa shape index (κ3) is 3.34. The molecule has 0 bridgehead atoms. The van der Waals surface area contributed by atoms with Gasteiger partial charge in [-0.25, -0.2) is 9.59 Å². The van der Waals surface area contributed by atoms with Gasteiger partial charge < -0.3 is 14.8 Å². The Morgan fingerprint density at radius 3 is 2.04 bits per heavy atom. The first kappa shape index (κ1) is 19.6. The fourth-order valence-electron chi connectivity index (χ4n) is 3.01. The highest BCUT2D eigenvalue weighted by atomic mass is 79.9. The number of benzene rings is 1. The van der Waals surface area contributed by atoms with E-state index in [2.05, 4.69) is 21.2 Å². The van der Waals surface area contributed by atoms with Crippen LogP contribution in [0.1, 0.15) is 25.3 Å². The molecular formula is C17H17BrN2O6. The van der Waals surface area contributed by atoms with Crippen LogP contribution in [-0.4, -0.2) is 31.1 Å². The first-order valence-electron chi connectivity index (χ1n) is 7.52. The number of esters is 2. The summed E-state index contributed by atoms with van der Waals surface area (Å²) in [6, 6.07) is 4.44. The number of allylic oxidation sites excluding steroid dienone is 2. The highest BCUT2D eigenvalue weighted by Crippen LogP contribution is 2.45. The van der Waals surface area contributed by atoms with Crippen molar-refractivity contribution in [2.24, 2.45) is 0 Å². The average molecular weight is 425 g/mol. The fourth-order valence-corrected chi connectivity index (χ4v) is 3.60. The van der Waals surface area contributed by atoms with E-state index < -0.39 is 22.8 Å². The SMILES string of the molecule is COC(=O)C1=C(C)NC(C)=C(C(=O)OC)C1c1c(Br)cccc1[N+](=O)[O-]. The lowest BCUT2D eigenvalue weighted by atomic mass is 9.79. The van der Waals surface area contributed by atoms with E-state index >= 15 is 0 Å². The van der Waals surface area contributed by atoms with E-state index in [-0.39, 0.29) is 22.4 Å². The summed E-state index contributed by atoms with van der Waals surface area (Å²) in [5.41, 5.74) is 1.05. The molecule has 1 aliphatic rings. The number of nitrogens with zero attached hydrogens (tertiary/aromatic N) is 1. The first-order chi connectivity index (χ1) is 12.2. The van der Waals surface area contributed by atoms with Gasteiger partial charge in [-0.1, -0.05) is 22.0 Å². The molecule has 0 saturated heterocycles. The van der Waals surface area contributed by atoms with Crippen LogP contribution >= 0.6 is 15.9 Å². The Kier molecular flexibility index (Phi) is 5.81. The van der Waals surface area contributed by atoms with E-state index in [1.54, 1.807) is 19.9 Å². The summed E-state index contributed by atoms with van der Waals surface area (Å²) in [5, 5.41) is 14.5. The van der Waals surface area contributed by atoms with Crippen LogP contribution in [0, 0.1) is 10.1 Å². The summed E-state index contributed by atoms with van der Waals surface area (Å²) in [7, 11) is 2.41. The Labute approximate surface area is 158 Å². The van der Waals surface area contributed by atoms with Crippen molar-refractivity contribution in [1.82, 2.24) is 5.32 Å². The van der Waals surface area contributed by atoms with Crippen molar-refractivity contribution < 1.29 is 24.0 Å². The summed E-state index contributed by atoms with van der Waals surface area (Å²) in [4.78, 5) is 35.9. The molecule has 0 aromatic heterocycles. The number of carbonyl (C=O) groups excluding carboxylic acids is 2. The molecule has 0 saturated carbocycles. The van der Waals surface area contributed by atoms with Gasteiger partial charge in [-0.05, 0) is 19.9 Å². The topological polar surface area (TPSA) is 108 Å². The summed E-state index contributed by atoms with van der Waals surface area (Å²) < 4.78 is 10.1. The zero-order valence-electron chi connectivity index (χ0n) is 14.6.